The summed E-state index contributed by atoms with van der Waals surface area (Å²) in [5, 5.41) is 7.33. The summed E-state index contributed by atoms with van der Waals surface area (Å²) < 4.78 is 0. The molecule has 0 saturated heterocycles. The van der Waals surface area contributed by atoms with Crippen molar-refractivity contribution in [1.29, 1.82) is 5.41 Å². The van der Waals surface area contributed by atoms with Crippen molar-refractivity contribution >= 4 is 5.84 Å². The van der Waals surface area contributed by atoms with E-state index in [0.717, 1.165) is 16.7 Å². The molecular weight excluding hydrogens is 174 g/mol. The third-order valence-corrected chi connectivity index (χ3v) is 2.10. The van der Waals surface area contributed by atoms with Gasteiger partial charge in [-0.25, -0.2) is 0 Å². The maximum atomic E-state index is 7.33. The van der Waals surface area contributed by atoms with Crippen LogP contribution >= 0.6 is 0 Å². The Morgan fingerprint density at radius 2 is 2.07 bits per heavy atom. The predicted molar refractivity (Wildman–Crippen MR) is 57.2 cm³/mol. The zero-order chi connectivity index (χ0) is 9.97. The highest BCUT2D eigenvalue weighted by molar-refractivity contribution is 5.96. The summed E-state index contributed by atoms with van der Waals surface area (Å²) in [6.07, 6.45) is 3.79. The second kappa shape index (κ2) is 3.38. The molecule has 1 aromatic carbocycles. The quantitative estimate of drug-likeness (QED) is 0.486. The van der Waals surface area contributed by atoms with Gasteiger partial charge in [0.15, 0.2) is 0 Å². The molecule has 3 nitrogen and oxygen atoms in total. The summed E-state index contributed by atoms with van der Waals surface area (Å²) in [5.41, 5.74) is 8.34. The molecule has 0 unspecified atom stereocenters. The van der Waals surface area contributed by atoms with Gasteiger partial charge in [-0.2, -0.15) is 0 Å². The minimum Gasteiger partial charge on any atom is -0.384 e. The zero-order valence-electron chi connectivity index (χ0n) is 7.62. The minimum absolute atomic E-state index is 0.0994. The van der Waals surface area contributed by atoms with Gasteiger partial charge >= 0.3 is 0 Å². The van der Waals surface area contributed by atoms with Crippen molar-refractivity contribution in [2.45, 2.75) is 0 Å². The molecule has 2 aromatic rings. The van der Waals surface area contributed by atoms with Crippen LogP contribution in [0.4, 0.5) is 0 Å². The lowest BCUT2D eigenvalue weighted by molar-refractivity contribution is 1.41. The molecule has 70 valence electrons. The lowest BCUT2D eigenvalue weighted by Crippen LogP contribution is -2.10. The second-order valence-corrected chi connectivity index (χ2v) is 3.09. The molecule has 2 rings (SSSR count). The van der Waals surface area contributed by atoms with Crippen molar-refractivity contribution in [3.8, 4) is 11.1 Å². The van der Waals surface area contributed by atoms with Crippen molar-refractivity contribution in [1.82, 2.24) is 4.98 Å². The van der Waals surface area contributed by atoms with E-state index in [-0.39, 0.29) is 5.84 Å². The van der Waals surface area contributed by atoms with Crippen molar-refractivity contribution < 1.29 is 0 Å². The van der Waals surface area contributed by atoms with Crippen LogP contribution in [0.25, 0.3) is 11.1 Å². The lowest BCUT2D eigenvalue weighted by Gasteiger charge is -2.01. The molecule has 3 heteroatoms. The van der Waals surface area contributed by atoms with E-state index in [1.54, 1.807) is 0 Å². The van der Waals surface area contributed by atoms with Crippen LogP contribution in [0.3, 0.4) is 0 Å². The first kappa shape index (κ1) is 8.56. The van der Waals surface area contributed by atoms with Gasteiger partial charge in [0, 0.05) is 18.0 Å². The topological polar surface area (TPSA) is 65.7 Å². The third-order valence-electron chi connectivity index (χ3n) is 2.10. The molecule has 0 amide bonds. The van der Waals surface area contributed by atoms with Crippen LogP contribution in [0.15, 0.2) is 42.7 Å². The van der Waals surface area contributed by atoms with Crippen molar-refractivity contribution in [2.24, 2.45) is 5.73 Å². The molecule has 1 aromatic heterocycles. The fourth-order valence-corrected chi connectivity index (χ4v) is 1.37. The summed E-state index contributed by atoms with van der Waals surface area (Å²) in [5.74, 6) is 0.0994. The molecule has 1 heterocycles. The molecule has 4 N–H and O–H groups in total. The molecule has 0 aliphatic rings. The number of aromatic amines is 1. The molecule has 0 saturated carbocycles. The standard InChI is InChI=1S/C11H11N3/c12-11(13)9-3-1-2-8(6-9)10-4-5-14-7-10/h1-7,14H,(H3,12,13). The number of rotatable bonds is 2. The first-order valence-electron chi connectivity index (χ1n) is 4.35. The van der Waals surface area contributed by atoms with Gasteiger partial charge in [0.25, 0.3) is 0 Å². The number of nitrogen functional groups attached to an aromatic ring is 1. The van der Waals surface area contributed by atoms with Crippen LogP contribution in [0.1, 0.15) is 5.56 Å². The number of nitrogens with one attached hydrogen (secondary N) is 2. The first-order chi connectivity index (χ1) is 6.77. The van der Waals surface area contributed by atoms with Crippen LogP contribution in [0.5, 0.6) is 0 Å². The van der Waals surface area contributed by atoms with E-state index in [2.05, 4.69) is 4.98 Å². The molecule has 0 bridgehead atoms. The highest BCUT2D eigenvalue weighted by atomic mass is 14.7. The van der Waals surface area contributed by atoms with Crippen LogP contribution in [-0.4, -0.2) is 10.8 Å². The predicted octanol–water partition coefficient (Wildman–Crippen LogP) is 1.97. The van der Waals surface area contributed by atoms with E-state index in [1.807, 2.05) is 42.7 Å². The number of benzene rings is 1. The SMILES string of the molecule is N=C(N)c1cccc(-c2cc[nH]c2)c1. The number of H-pyrrole nitrogens is 1. The van der Waals surface area contributed by atoms with Crippen LogP contribution in [-0.2, 0) is 0 Å². The number of hydrogen-bond acceptors (Lipinski definition) is 1. The Kier molecular flexibility index (Phi) is 2.07. The number of hydrogen-bond donors (Lipinski definition) is 3. The maximum absolute atomic E-state index is 7.33. The largest absolute Gasteiger partial charge is 0.384 e. The highest BCUT2D eigenvalue weighted by Gasteiger charge is 2.00. The van der Waals surface area contributed by atoms with Gasteiger partial charge < -0.3 is 10.7 Å². The Morgan fingerprint density at radius 1 is 1.21 bits per heavy atom. The van der Waals surface area contributed by atoms with Crippen molar-refractivity contribution in [3.05, 3.63) is 48.3 Å². The number of amidine groups is 1. The molecule has 0 fully saturated rings. The molecule has 0 aliphatic carbocycles. The van der Waals surface area contributed by atoms with E-state index < -0.39 is 0 Å². The normalized spacial score (nSPS) is 10.0. The Bertz CT molecular complexity index is 443. The molecule has 0 atom stereocenters. The molecule has 0 radical (unpaired) electrons. The van der Waals surface area contributed by atoms with Gasteiger partial charge in [-0.05, 0) is 23.3 Å². The summed E-state index contributed by atoms with van der Waals surface area (Å²) in [6, 6.07) is 9.62. The second-order valence-electron chi connectivity index (χ2n) is 3.09. The van der Waals surface area contributed by atoms with E-state index in [1.165, 1.54) is 0 Å². The average molecular weight is 185 g/mol. The van der Waals surface area contributed by atoms with E-state index in [9.17, 15) is 0 Å². The summed E-state index contributed by atoms with van der Waals surface area (Å²) in [7, 11) is 0. The van der Waals surface area contributed by atoms with Crippen LogP contribution in [0.2, 0.25) is 0 Å². The van der Waals surface area contributed by atoms with E-state index >= 15 is 0 Å². The maximum Gasteiger partial charge on any atom is 0.122 e. The molecule has 0 spiro atoms. The minimum atomic E-state index is 0.0994. The summed E-state index contributed by atoms with van der Waals surface area (Å²) in [6.45, 7) is 0. The van der Waals surface area contributed by atoms with Gasteiger partial charge in [0.2, 0.25) is 0 Å². The molecule has 0 aliphatic heterocycles. The van der Waals surface area contributed by atoms with Gasteiger partial charge in [0.05, 0.1) is 0 Å². The van der Waals surface area contributed by atoms with E-state index in [0.29, 0.717) is 0 Å². The smallest absolute Gasteiger partial charge is 0.122 e. The van der Waals surface area contributed by atoms with Gasteiger partial charge in [-0.15, -0.1) is 0 Å². The van der Waals surface area contributed by atoms with Gasteiger partial charge in [-0.1, -0.05) is 18.2 Å². The van der Waals surface area contributed by atoms with Crippen molar-refractivity contribution in [3.63, 3.8) is 0 Å². The average Bonchev–Trinajstić information content (AvgIpc) is 2.71. The summed E-state index contributed by atoms with van der Waals surface area (Å²) in [4.78, 5) is 2.99. The van der Waals surface area contributed by atoms with E-state index in [4.69, 9.17) is 11.1 Å². The number of nitrogens with two attached hydrogens (primary N) is 1. The monoisotopic (exact) mass is 185 g/mol. The third kappa shape index (κ3) is 1.52. The van der Waals surface area contributed by atoms with Crippen LogP contribution < -0.4 is 5.73 Å². The fraction of sp³-hybridized carbons (Fsp3) is 0. The molecule has 14 heavy (non-hydrogen) atoms. The van der Waals surface area contributed by atoms with Crippen LogP contribution in [0, 0.1) is 5.41 Å². The Morgan fingerprint density at radius 3 is 2.71 bits per heavy atom. The van der Waals surface area contributed by atoms with Crippen molar-refractivity contribution in [2.75, 3.05) is 0 Å². The Hall–Kier alpha value is -2.03. The highest BCUT2D eigenvalue weighted by Crippen LogP contribution is 2.19. The Labute approximate surface area is 82.1 Å². The first-order valence-corrected chi connectivity index (χ1v) is 4.35. The Balaban J connectivity index is 2.46. The number of aromatic nitrogens is 1. The zero-order valence-corrected chi connectivity index (χ0v) is 7.62. The summed E-state index contributed by atoms with van der Waals surface area (Å²) >= 11 is 0. The lowest BCUT2D eigenvalue weighted by atomic mass is 10.1. The molecular formula is C11H11N3. The van der Waals surface area contributed by atoms with Gasteiger partial charge in [0.1, 0.15) is 5.84 Å². The van der Waals surface area contributed by atoms with Gasteiger partial charge in [-0.3, -0.25) is 5.41 Å². The fourth-order valence-electron chi connectivity index (χ4n) is 1.37.